The van der Waals surface area contributed by atoms with E-state index < -0.39 is 51.0 Å². The fourth-order valence-electron chi connectivity index (χ4n) is 1.70. The molecule has 1 aliphatic heterocycles. The minimum atomic E-state index is -4.04. The molecule has 12 heteroatoms. The van der Waals surface area contributed by atoms with Gasteiger partial charge in [-0.15, -0.1) is 0 Å². The third-order valence-corrected chi connectivity index (χ3v) is 3.22. The van der Waals surface area contributed by atoms with Gasteiger partial charge in [0.15, 0.2) is 6.29 Å². The molecular formula is C8H16N3O8P. The van der Waals surface area contributed by atoms with Gasteiger partial charge in [0, 0.05) is 11.6 Å². The standard InChI is InChI=1S/C8H16N3O8P/c1-20(16,17)19-8-6(15)4(13)5(14)7(18-8)3(12)2-10-11-9/h3-8,12-15H,2H2,1H3,(H,16,17)/t3-,4+,5+,6?,7?,8+/m1/s1. The Morgan fingerprint density at radius 1 is 1.40 bits per heavy atom. The van der Waals surface area contributed by atoms with Crippen LogP contribution in [-0.2, 0) is 13.8 Å². The summed E-state index contributed by atoms with van der Waals surface area (Å²) in [5.74, 6) is 0. The Bertz CT molecular complexity index is 424. The van der Waals surface area contributed by atoms with Crippen molar-refractivity contribution in [1.29, 1.82) is 0 Å². The van der Waals surface area contributed by atoms with Crippen molar-refractivity contribution >= 4 is 7.60 Å². The second-order valence-corrected chi connectivity index (χ2v) is 6.15. The van der Waals surface area contributed by atoms with Crippen LogP contribution in [0.25, 0.3) is 10.4 Å². The summed E-state index contributed by atoms with van der Waals surface area (Å²) in [6.45, 7) is 0.378. The highest BCUT2D eigenvalue weighted by Crippen LogP contribution is 2.41. The molecule has 0 aromatic rings. The summed E-state index contributed by atoms with van der Waals surface area (Å²) < 4.78 is 20.7. The topological polar surface area (TPSA) is 185 Å². The number of ether oxygens (including phenoxy) is 1. The number of rotatable bonds is 5. The highest BCUT2D eigenvalue weighted by molar-refractivity contribution is 7.51. The van der Waals surface area contributed by atoms with Crippen LogP contribution in [0.1, 0.15) is 0 Å². The lowest BCUT2D eigenvalue weighted by molar-refractivity contribution is -0.288. The van der Waals surface area contributed by atoms with Gasteiger partial charge in [0.2, 0.25) is 0 Å². The van der Waals surface area contributed by atoms with Crippen molar-refractivity contribution < 1.29 is 39.1 Å². The van der Waals surface area contributed by atoms with Crippen LogP contribution in [0.15, 0.2) is 5.11 Å². The summed E-state index contributed by atoms with van der Waals surface area (Å²) in [5.41, 5.74) is 8.14. The lowest BCUT2D eigenvalue weighted by Crippen LogP contribution is -2.61. The molecule has 0 amide bonds. The largest absolute Gasteiger partial charge is 0.390 e. The number of hydrogen-bond acceptors (Lipinski definition) is 8. The molecule has 1 rings (SSSR count). The fraction of sp³-hybridized carbons (Fsp3) is 1.00. The average Bonchev–Trinajstić information content (AvgIpc) is 2.35. The predicted octanol–water partition coefficient (Wildman–Crippen LogP) is -1.70. The zero-order valence-corrected chi connectivity index (χ0v) is 11.3. The van der Waals surface area contributed by atoms with Gasteiger partial charge >= 0.3 is 7.60 Å². The van der Waals surface area contributed by atoms with E-state index in [1.807, 2.05) is 0 Å². The Hall–Kier alpha value is -0.740. The third-order valence-electron chi connectivity index (χ3n) is 2.62. The summed E-state index contributed by atoms with van der Waals surface area (Å²) in [4.78, 5) is 11.5. The molecule has 7 atom stereocenters. The lowest BCUT2D eigenvalue weighted by atomic mass is 9.95. The minimum absolute atomic E-state index is 0.462. The molecule has 0 spiro atoms. The molecule has 3 unspecified atom stereocenters. The van der Waals surface area contributed by atoms with Crippen molar-refractivity contribution in [2.24, 2.45) is 5.11 Å². The van der Waals surface area contributed by atoms with Gasteiger partial charge in [-0.3, -0.25) is 9.09 Å². The zero-order chi connectivity index (χ0) is 15.5. The van der Waals surface area contributed by atoms with Gasteiger partial charge in [-0.2, -0.15) is 0 Å². The molecule has 20 heavy (non-hydrogen) atoms. The van der Waals surface area contributed by atoms with Gasteiger partial charge in [-0.25, -0.2) is 0 Å². The molecule has 1 heterocycles. The smallest absolute Gasteiger partial charge is 0.327 e. The number of aliphatic hydroxyl groups is 4. The summed E-state index contributed by atoms with van der Waals surface area (Å²) in [6, 6.07) is 0. The fourth-order valence-corrected chi connectivity index (χ4v) is 2.26. The molecule has 0 saturated carbocycles. The highest BCUT2D eigenvalue weighted by Gasteiger charge is 2.48. The van der Waals surface area contributed by atoms with Crippen LogP contribution < -0.4 is 0 Å². The first-order chi connectivity index (χ1) is 9.17. The Morgan fingerprint density at radius 3 is 2.50 bits per heavy atom. The van der Waals surface area contributed by atoms with Gasteiger partial charge in [0.1, 0.15) is 24.4 Å². The SMILES string of the molecule is CP(=O)(O)O[C@@H]1OC([C@H](O)CN=[N+]=[N-])[C@@H](O)[C@H](O)C1O. The molecule has 0 radical (unpaired) electrons. The maximum Gasteiger partial charge on any atom is 0.327 e. The van der Waals surface area contributed by atoms with Crippen LogP contribution in [0.4, 0.5) is 0 Å². The van der Waals surface area contributed by atoms with Crippen LogP contribution in [0.2, 0.25) is 0 Å². The van der Waals surface area contributed by atoms with Crippen molar-refractivity contribution in [1.82, 2.24) is 0 Å². The molecule has 0 aromatic heterocycles. The van der Waals surface area contributed by atoms with Crippen LogP contribution >= 0.6 is 7.60 Å². The third kappa shape index (κ3) is 4.38. The summed E-state index contributed by atoms with van der Waals surface area (Å²) >= 11 is 0. The number of nitrogens with zero attached hydrogens (tertiary/aromatic N) is 3. The van der Waals surface area contributed by atoms with Crippen molar-refractivity contribution in [2.75, 3.05) is 13.2 Å². The molecule has 1 aliphatic rings. The van der Waals surface area contributed by atoms with Crippen molar-refractivity contribution in [3.63, 3.8) is 0 Å². The molecule has 1 fully saturated rings. The van der Waals surface area contributed by atoms with E-state index in [1.165, 1.54) is 0 Å². The zero-order valence-electron chi connectivity index (χ0n) is 10.4. The van der Waals surface area contributed by atoms with E-state index in [2.05, 4.69) is 14.5 Å². The second-order valence-electron chi connectivity index (χ2n) is 4.33. The Morgan fingerprint density at radius 2 is 2.00 bits per heavy atom. The van der Waals surface area contributed by atoms with Crippen LogP contribution in [0.5, 0.6) is 0 Å². The normalized spacial score (nSPS) is 38.6. The molecule has 0 bridgehead atoms. The number of azide groups is 1. The van der Waals surface area contributed by atoms with Gasteiger partial charge in [-0.1, -0.05) is 5.11 Å². The molecule has 11 nitrogen and oxygen atoms in total. The van der Waals surface area contributed by atoms with E-state index in [1.54, 1.807) is 0 Å². The van der Waals surface area contributed by atoms with E-state index in [0.717, 1.165) is 6.66 Å². The monoisotopic (exact) mass is 313 g/mol. The molecule has 0 aliphatic carbocycles. The summed E-state index contributed by atoms with van der Waals surface area (Å²) in [6.07, 6.45) is -9.93. The second kappa shape index (κ2) is 6.81. The first-order valence-corrected chi connectivity index (χ1v) is 7.57. The Labute approximate surface area is 113 Å². The molecule has 116 valence electrons. The first kappa shape index (κ1) is 17.3. The van der Waals surface area contributed by atoms with Gasteiger partial charge in [0.25, 0.3) is 0 Å². The number of aliphatic hydroxyl groups excluding tert-OH is 4. The maximum atomic E-state index is 11.1. The molecule has 1 saturated heterocycles. The van der Waals surface area contributed by atoms with Crippen LogP contribution in [0.3, 0.4) is 0 Å². The van der Waals surface area contributed by atoms with Gasteiger partial charge < -0.3 is 30.1 Å². The number of hydrogen-bond donors (Lipinski definition) is 5. The maximum absolute atomic E-state index is 11.1. The van der Waals surface area contributed by atoms with Gasteiger partial charge in [0.05, 0.1) is 12.6 Å². The van der Waals surface area contributed by atoms with Crippen molar-refractivity contribution in [2.45, 2.75) is 36.8 Å². The molecule has 5 N–H and O–H groups in total. The quantitative estimate of drug-likeness (QED) is 0.172. The van der Waals surface area contributed by atoms with Crippen molar-refractivity contribution in [3.05, 3.63) is 10.4 Å². The van der Waals surface area contributed by atoms with E-state index in [9.17, 15) is 25.0 Å². The van der Waals surface area contributed by atoms with E-state index in [-0.39, 0.29) is 0 Å². The van der Waals surface area contributed by atoms with Crippen molar-refractivity contribution in [3.8, 4) is 0 Å². The van der Waals surface area contributed by atoms with Crippen LogP contribution in [-0.4, -0.2) is 75.3 Å². The summed E-state index contributed by atoms with van der Waals surface area (Å²) in [5, 5.41) is 41.6. The highest BCUT2D eigenvalue weighted by atomic mass is 31.2. The van der Waals surface area contributed by atoms with E-state index >= 15 is 0 Å². The first-order valence-electron chi connectivity index (χ1n) is 5.54. The van der Waals surface area contributed by atoms with E-state index in [0.29, 0.717) is 0 Å². The van der Waals surface area contributed by atoms with Crippen LogP contribution in [0, 0.1) is 0 Å². The predicted molar refractivity (Wildman–Crippen MR) is 63.5 cm³/mol. The minimum Gasteiger partial charge on any atom is -0.390 e. The summed E-state index contributed by atoms with van der Waals surface area (Å²) in [7, 11) is -4.04. The van der Waals surface area contributed by atoms with E-state index in [4.69, 9.17) is 15.2 Å². The Balaban J connectivity index is 2.85. The Kier molecular flexibility index (Phi) is 5.90. The lowest BCUT2D eigenvalue weighted by Gasteiger charge is -2.41. The molecule has 0 aromatic carbocycles. The molecular weight excluding hydrogens is 297 g/mol. The van der Waals surface area contributed by atoms with Gasteiger partial charge in [-0.05, 0) is 5.53 Å². The average molecular weight is 313 g/mol.